The van der Waals surface area contributed by atoms with Gasteiger partial charge in [-0.25, -0.2) is 0 Å². The van der Waals surface area contributed by atoms with Gasteiger partial charge in [0.05, 0.1) is 6.04 Å². The molecular formula is C19H24ClN. The SMILES string of the molecule is CCCNC(c1ccc(CC)cc1)c1ccc(C)c(Cl)c1. The Morgan fingerprint density at radius 2 is 1.67 bits per heavy atom. The zero-order chi connectivity index (χ0) is 15.2. The van der Waals surface area contributed by atoms with Gasteiger partial charge in [-0.1, -0.05) is 61.8 Å². The molecule has 21 heavy (non-hydrogen) atoms. The molecule has 1 nitrogen and oxygen atoms in total. The topological polar surface area (TPSA) is 12.0 Å². The second kappa shape index (κ2) is 7.63. The Hall–Kier alpha value is -1.31. The summed E-state index contributed by atoms with van der Waals surface area (Å²) in [5, 5.41) is 4.46. The van der Waals surface area contributed by atoms with Gasteiger partial charge in [0, 0.05) is 5.02 Å². The Morgan fingerprint density at radius 1 is 1.00 bits per heavy atom. The molecule has 0 aliphatic rings. The van der Waals surface area contributed by atoms with Gasteiger partial charge in [0.15, 0.2) is 0 Å². The minimum Gasteiger partial charge on any atom is -0.306 e. The zero-order valence-corrected chi connectivity index (χ0v) is 13.9. The van der Waals surface area contributed by atoms with E-state index in [0.29, 0.717) is 0 Å². The predicted molar refractivity (Wildman–Crippen MR) is 92.1 cm³/mol. The second-order valence-corrected chi connectivity index (χ2v) is 5.90. The molecule has 1 atom stereocenters. The molecule has 0 bridgehead atoms. The van der Waals surface area contributed by atoms with Crippen molar-refractivity contribution in [1.29, 1.82) is 0 Å². The maximum atomic E-state index is 6.30. The molecule has 0 fully saturated rings. The maximum absolute atomic E-state index is 6.30. The molecule has 2 heteroatoms. The van der Waals surface area contributed by atoms with Crippen molar-refractivity contribution >= 4 is 11.6 Å². The summed E-state index contributed by atoms with van der Waals surface area (Å²) in [6.45, 7) is 7.40. The molecule has 2 aromatic rings. The first kappa shape index (κ1) is 16.1. The molecule has 2 rings (SSSR count). The van der Waals surface area contributed by atoms with Crippen LogP contribution in [0.4, 0.5) is 0 Å². The molecule has 0 aliphatic heterocycles. The molecular weight excluding hydrogens is 278 g/mol. The van der Waals surface area contributed by atoms with Crippen molar-refractivity contribution in [3.05, 3.63) is 69.7 Å². The van der Waals surface area contributed by atoms with Gasteiger partial charge >= 0.3 is 0 Å². The third-order valence-electron chi connectivity index (χ3n) is 3.85. The van der Waals surface area contributed by atoms with Crippen molar-refractivity contribution < 1.29 is 0 Å². The van der Waals surface area contributed by atoms with Crippen LogP contribution in [0.25, 0.3) is 0 Å². The van der Waals surface area contributed by atoms with E-state index in [1.54, 1.807) is 0 Å². The van der Waals surface area contributed by atoms with E-state index in [0.717, 1.165) is 30.0 Å². The zero-order valence-electron chi connectivity index (χ0n) is 13.1. The van der Waals surface area contributed by atoms with Crippen LogP contribution < -0.4 is 5.32 Å². The van der Waals surface area contributed by atoms with E-state index in [2.05, 4.69) is 61.6 Å². The number of benzene rings is 2. The number of hydrogen-bond donors (Lipinski definition) is 1. The Balaban J connectivity index is 2.33. The van der Waals surface area contributed by atoms with Crippen LogP contribution in [0, 0.1) is 6.92 Å². The number of aryl methyl sites for hydroxylation is 2. The summed E-state index contributed by atoms with van der Waals surface area (Å²) in [6.07, 6.45) is 2.19. The lowest BCUT2D eigenvalue weighted by molar-refractivity contribution is 0.598. The van der Waals surface area contributed by atoms with E-state index in [1.165, 1.54) is 16.7 Å². The average molecular weight is 302 g/mol. The quantitative estimate of drug-likeness (QED) is 0.763. The predicted octanol–water partition coefficient (Wildman–Crippen LogP) is 5.30. The molecule has 0 saturated carbocycles. The standard InChI is InChI=1S/C19H24ClN/c1-4-12-21-19(16-10-7-15(5-2)8-11-16)17-9-6-14(3)18(20)13-17/h6-11,13,19,21H,4-5,12H2,1-3H3. The van der Waals surface area contributed by atoms with Crippen molar-refractivity contribution in [2.75, 3.05) is 6.54 Å². The second-order valence-electron chi connectivity index (χ2n) is 5.49. The Kier molecular flexibility index (Phi) is 5.84. The summed E-state index contributed by atoms with van der Waals surface area (Å²) in [5.41, 5.74) is 5.01. The normalized spacial score (nSPS) is 12.4. The summed E-state index contributed by atoms with van der Waals surface area (Å²) < 4.78 is 0. The molecule has 0 aliphatic carbocycles. The van der Waals surface area contributed by atoms with Gasteiger partial charge in [-0.3, -0.25) is 0 Å². The summed E-state index contributed by atoms with van der Waals surface area (Å²) >= 11 is 6.30. The largest absolute Gasteiger partial charge is 0.306 e. The monoisotopic (exact) mass is 301 g/mol. The van der Waals surface area contributed by atoms with Crippen LogP contribution in [0.15, 0.2) is 42.5 Å². The van der Waals surface area contributed by atoms with Crippen molar-refractivity contribution in [1.82, 2.24) is 5.32 Å². The van der Waals surface area contributed by atoms with Gasteiger partial charge in [0.2, 0.25) is 0 Å². The lowest BCUT2D eigenvalue weighted by Crippen LogP contribution is -2.23. The van der Waals surface area contributed by atoms with E-state index in [4.69, 9.17) is 11.6 Å². The van der Waals surface area contributed by atoms with Crippen molar-refractivity contribution in [3.63, 3.8) is 0 Å². The highest BCUT2D eigenvalue weighted by Crippen LogP contribution is 2.26. The van der Waals surface area contributed by atoms with E-state index < -0.39 is 0 Å². The summed E-state index contributed by atoms with van der Waals surface area (Å²) in [7, 11) is 0. The third-order valence-corrected chi connectivity index (χ3v) is 4.26. The van der Waals surface area contributed by atoms with Gasteiger partial charge in [-0.05, 0) is 54.6 Å². The van der Waals surface area contributed by atoms with Crippen LogP contribution in [0.5, 0.6) is 0 Å². The van der Waals surface area contributed by atoms with Crippen LogP contribution in [-0.2, 0) is 6.42 Å². The third kappa shape index (κ3) is 4.09. The highest BCUT2D eigenvalue weighted by atomic mass is 35.5. The number of nitrogens with one attached hydrogen (secondary N) is 1. The van der Waals surface area contributed by atoms with Crippen molar-refractivity contribution in [2.24, 2.45) is 0 Å². The first-order valence-corrected chi connectivity index (χ1v) is 8.11. The molecule has 0 saturated heterocycles. The number of halogens is 1. The van der Waals surface area contributed by atoms with Gasteiger partial charge in [0.25, 0.3) is 0 Å². The summed E-state index contributed by atoms with van der Waals surface area (Å²) in [5.74, 6) is 0. The Bertz CT molecular complexity index is 575. The van der Waals surface area contributed by atoms with Gasteiger partial charge < -0.3 is 5.32 Å². The Labute approximate surface area is 133 Å². The van der Waals surface area contributed by atoms with Gasteiger partial charge in [0.1, 0.15) is 0 Å². The molecule has 0 amide bonds. The average Bonchev–Trinajstić information content (AvgIpc) is 2.51. The fourth-order valence-corrected chi connectivity index (χ4v) is 2.64. The molecule has 0 spiro atoms. The smallest absolute Gasteiger partial charge is 0.0577 e. The fraction of sp³-hybridized carbons (Fsp3) is 0.368. The molecule has 112 valence electrons. The van der Waals surface area contributed by atoms with Crippen LogP contribution >= 0.6 is 11.6 Å². The van der Waals surface area contributed by atoms with Crippen molar-refractivity contribution in [3.8, 4) is 0 Å². The van der Waals surface area contributed by atoms with E-state index in [9.17, 15) is 0 Å². The van der Waals surface area contributed by atoms with Crippen LogP contribution in [0.3, 0.4) is 0 Å². The molecule has 0 radical (unpaired) electrons. The molecule has 0 aromatic heterocycles. The minimum atomic E-state index is 0.203. The molecule has 0 heterocycles. The highest BCUT2D eigenvalue weighted by Gasteiger charge is 2.14. The fourth-order valence-electron chi connectivity index (χ4n) is 2.45. The van der Waals surface area contributed by atoms with Crippen LogP contribution in [0.1, 0.15) is 48.6 Å². The first-order valence-electron chi connectivity index (χ1n) is 7.74. The van der Waals surface area contributed by atoms with Crippen LogP contribution in [0.2, 0.25) is 5.02 Å². The van der Waals surface area contributed by atoms with E-state index in [-0.39, 0.29) is 6.04 Å². The lowest BCUT2D eigenvalue weighted by Gasteiger charge is -2.20. The molecule has 1 N–H and O–H groups in total. The molecule has 2 aromatic carbocycles. The van der Waals surface area contributed by atoms with Gasteiger partial charge in [-0.2, -0.15) is 0 Å². The minimum absolute atomic E-state index is 0.203. The number of rotatable bonds is 6. The first-order chi connectivity index (χ1) is 10.2. The van der Waals surface area contributed by atoms with Crippen LogP contribution in [-0.4, -0.2) is 6.54 Å². The van der Waals surface area contributed by atoms with E-state index in [1.807, 2.05) is 6.92 Å². The maximum Gasteiger partial charge on any atom is 0.0577 e. The number of hydrogen-bond acceptors (Lipinski definition) is 1. The summed E-state index contributed by atoms with van der Waals surface area (Å²) in [6, 6.07) is 15.4. The van der Waals surface area contributed by atoms with E-state index >= 15 is 0 Å². The summed E-state index contributed by atoms with van der Waals surface area (Å²) in [4.78, 5) is 0. The van der Waals surface area contributed by atoms with Gasteiger partial charge in [-0.15, -0.1) is 0 Å². The highest BCUT2D eigenvalue weighted by molar-refractivity contribution is 6.31. The Morgan fingerprint density at radius 3 is 2.24 bits per heavy atom. The lowest BCUT2D eigenvalue weighted by atomic mass is 9.96. The van der Waals surface area contributed by atoms with Crippen molar-refractivity contribution in [2.45, 2.75) is 39.7 Å². The molecule has 1 unspecified atom stereocenters.